The quantitative estimate of drug-likeness (QED) is 0.235. The summed E-state index contributed by atoms with van der Waals surface area (Å²) in [7, 11) is -4.21. The number of aliphatic imine (C=N–C) groups is 1. The Morgan fingerprint density at radius 2 is 1.58 bits per heavy atom. The molecular weight excluding hydrogens is 377 g/mol. The minimum atomic E-state index is -5.84. The molecule has 0 bridgehead atoms. The van der Waals surface area contributed by atoms with E-state index < -0.39 is 21.1 Å². The summed E-state index contributed by atoms with van der Waals surface area (Å²) in [5.74, 6) is 0. The predicted octanol–water partition coefficient (Wildman–Crippen LogP) is 4.68. The fraction of sp³-hybridized carbons (Fsp3) is 0.562. The standard InChI is InChI=1S/C16H22F5NO3Si/c1-3-23-26(24-4-2,25-16(20,21)15(17,18)19)12-8-11-22-13-14-9-6-5-7-10-14/h5-7,9-10,13H,3-4,8,11-12H2,1-2H3. The Morgan fingerprint density at radius 1 is 1.00 bits per heavy atom. The van der Waals surface area contributed by atoms with E-state index in [2.05, 4.69) is 9.42 Å². The van der Waals surface area contributed by atoms with Gasteiger partial charge >= 0.3 is 21.1 Å². The number of rotatable bonds is 11. The van der Waals surface area contributed by atoms with Gasteiger partial charge in [-0.3, -0.25) is 4.99 Å². The van der Waals surface area contributed by atoms with Crippen molar-refractivity contribution in [3.63, 3.8) is 0 Å². The van der Waals surface area contributed by atoms with Gasteiger partial charge in [-0.05, 0) is 25.8 Å². The molecule has 0 aliphatic carbocycles. The maximum atomic E-state index is 13.4. The minimum Gasteiger partial charge on any atom is -0.374 e. The second-order valence-electron chi connectivity index (χ2n) is 5.22. The smallest absolute Gasteiger partial charge is 0.374 e. The van der Waals surface area contributed by atoms with Crippen molar-refractivity contribution in [3.8, 4) is 0 Å². The second kappa shape index (κ2) is 10.1. The number of alkyl halides is 5. The summed E-state index contributed by atoms with van der Waals surface area (Å²) in [6.45, 7) is 2.96. The minimum absolute atomic E-state index is 0.104. The third-order valence-electron chi connectivity index (χ3n) is 3.15. The molecule has 148 valence electrons. The number of hydrogen-bond acceptors (Lipinski definition) is 4. The van der Waals surface area contributed by atoms with Crippen LogP contribution >= 0.6 is 0 Å². The molecule has 1 aromatic rings. The molecule has 0 saturated carbocycles. The molecule has 0 N–H and O–H groups in total. The average molecular weight is 399 g/mol. The van der Waals surface area contributed by atoms with Crippen LogP contribution in [0.15, 0.2) is 35.3 Å². The number of hydrogen-bond donors (Lipinski definition) is 0. The summed E-state index contributed by atoms with van der Waals surface area (Å²) in [6, 6.07) is 8.96. The van der Waals surface area contributed by atoms with Gasteiger partial charge in [0, 0.05) is 32.0 Å². The monoisotopic (exact) mass is 399 g/mol. The Bertz CT molecular complexity index is 549. The summed E-state index contributed by atoms with van der Waals surface area (Å²) < 4.78 is 78.6. The molecule has 0 fully saturated rings. The van der Waals surface area contributed by atoms with Crippen molar-refractivity contribution in [3.05, 3.63) is 35.9 Å². The molecule has 1 rings (SSSR count). The summed E-state index contributed by atoms with van der Waals surface area (Å²) in [6.07, 6.45) is -9.40. The van der Waals surface area contributed by atoms with E-state index >= 15 is 0 Å². The van der Waals surface area contributed by atoms with Crippen LogP contribution in [-0.2, 0) is 13.3 Å². The average Bonchev–Trinajstić information content (AvgIpc) is 2.54. The zero-order valence-corrected chi connectivity index (χ0v) is 15.6. The van der Waals surface area contributed by atoms with Crippen molar-refractivity contribution in [2.24, 2.45) is 4.99 Å². The molecule has 0 atom stereocenters. The van der Waals surface area contributed by atoms with E-state index in [1.54, 1.807) is 6.21 Å². The van der Waals surface area contributed by atoms with Crippen molar-refractivity contribution in [2.45, 2.75) is 38.6 Å². The lowest BCUT2D eigenvalue weighted by Crippen LogP contribution is -2.55. The number of benzene rings is 1. The highest BCUT2D eigenvalue weighted by atomic mass is 28.4. The van der Waals surface area contributed by atoms with Crippen molar-refractivity contribution in [2.75, 3.05) is 19.8 Å². The highest BCUT2D eigenvalue weighted by Gasteiger charge is 2.64. The van der Waals surface area contributed by atoms with E-state index in [0.29, 0.717) is 0 Å². The predicted molar refractivity (Wildman–Crippen MR) is 89.4 cm³/mol. The third-order valence-corrected chi connectivity index (χ3v) is 6.14. The van der Waals surface area contributed by atoms with Crippen LogP contribution in [0.5, 0.6) is 0 Å². The fourth-order valence-corrected chi connectivity index (χ4v) is 4.65. The highest BCUT2D eigenvalue weighted by molar-refractivity contribution is 6.60. The normalized spacial score (nSPS) is 13.5. The maximum absolute atomic E-state index is 13.4. The van der Waals surface area contributed by atoms with E-state index in [-0.39, 0.29) is 32.2 Å². The molecule has 0 spiro atoms. The lowest BCUT2D eigenvalue weighted by Gasteiger charge is -2.33. The van der Waals surface area contributed by atoms with Gasteiger partial charge < -0.3 is 13.3 Å². The van der Waals surface area contributed by atoms with Crippen LogP contribution in [0.1, 0.15) is 25.8 Å². The Kier molecular flexibility index (Phi) is 8.81. The summed E-state index contributed by atoms with van der Waals surface area (Å²) in [5, 5.41) is 0. The zero-order chi connectivity index (χ0) is 19.7. The van der Waals surface area contributed by atoms with Gasteiger partial charge in [-0.1, -0.05) is 30.3 Å². The van der Waals surface area contributed by atoms with Crippen molar-refractivity contribution in [1.82, 2.24) is 0 Å². The number of nitrogens with zero attached hydrogens (tertiary/aromatic N) is 1. The molecule has 0 saturated heterocycles. The SMILES string of the molecule is CCO[Si](CCCN=Cc1ccccc1)(OCC)OC(F)(F)C(F)(F)F. The summed E-state index contributed by atoms with van der Waals surface area (Å²) in [5.41, 5.74) is 0.852. The van der Waals surface area contributed by atoms with Crippen LogP contribution in [-0.4, -0.2) is 47.1 Å². The first kappa shape index (κ1) is 22.7. The van der Waals surface area contributed by atoms with Crippen molar-refractivity contribution >= 4 is 15.0 Å². The summed E-state index contributed by atoms with van der Waals surface area (Å²) >= 11 is 0. The zero-order valence-electron chi connectivity index (χ0n) is 14.6. The molecule has 26 heavy (non-hydrogen) atoms. The molecule has 10 heteroatoms. The Balaban J connectivity index is 2.74. The van der Waals surface area contributed by atoms with Crippen LogP contribution in [0.3, 0.4) is 0 Å². The van der Waals surface area contributed by atoms with E-state index in [1.807, 2.05) is 30.3 Å². The van der Waals surface area contributed by atoms with Gasteiger partial charge in [0.25, 0.3) is 0 Å². The van der Waals surface area contributed by atoms with Gasteiger partial charge in [0.15, 0.2) is 0 Å². The summed E-state index contributed by atoms with van der Waals surface area (Å²) in [4.78, 5) is 4.13. The van der Waals surface area contributed by atoms with Crippen LogP contribution < -0.4 is 0 Å². The van der Waals surface area contributed by atoms with Gasteiger partial charge in [0.2, 0.25) is 0 Å². The molecular formula is C16H22F5NO3Si. The second-order valence-corrected chi connectivity index (χ2v) is 7.86. The fourth-order valence-electron chi connectivity index (χ4n) is 2.08. The van der Waals surface area contributed by atoms with Crippen molar-refractivity contribution in [1.29, 1.82) is 0 Å². The van der Waals surface area contributed by atoms with Gasteiger partial charge in [0.05, 0.1) is 0 Å². The van der Waals surface area contributed by atoms with Crippen molar-refractivity contribution < 1.29 is 35.2 Å². The molecule has 0 amide bonds. The third kappa shape index (κ3) is 7.10. The lowest BCUT2D eigenvalue weighted by atomic mass is 10.2. The lowest BCUT2D eigenvalue weighted by molar-refractivity contribution is -0.373. The molecule has 0 aliphatic heterocycles. The molecule has 0 radical (unpaired) electrons. The highest BCUT2D eigenvalue weighted by Crippen LogP contribution is 2.40. The first-order valence-electron chi connectivity index (χ1n) is 8.13. The first-order chi connectivity index (χ1) is 12.2. The van der Waals surface area contributed by atoms with Gasteiger partial charge in [-0.2, -0.15) is 22.0 Å². The molecule has 1 aromatic carbocycles. The van der Waals surface area contributed by atoms with E-state index in [9.17, 15) is 22.0 Å². The Hall–Kier alpha value is -1.36. The maximum Gasteiger partial charge on any atom is 0.505 e. The molecule has 0 heterocycles. The molecule has 4 nitrogen and oxygen atoms in total. The van der Waals surface area contributed by atoms with Gasteiger partial charge in [-0.25, -0.2) is 0 Å². The topological polar surface area (TPSA) is 40.0 Å². The Morgan fingerprint density at radius 3 is 2.08 bits per heavy atom. The van der Waals surface area contributed by atoms with E-state index in [0.717, 1.165) is 5.56 Å². The Labute approximate surface area is 150 Å². The van der Waals surface area contributed by atoms with Crippen LogP contribution in [0, 0.1) is 0 Å². The van der Waals surface area contributed by atoms with Gasteiger partial charge in [0.1, 0.15) is 0 Å². The molecule has 0 aliphatic rings. The van der Waals surface area contributed by atoms with Crippen LogP contribution in [0.2, 0.25) is 6.04 Å². The molecule has 0 unspecified atom stereocenters. The van der Waals surface area contributed by atoms with E-state index in [1.165, 1.54) is 13.8 Å². The first-order valence-corrected chi connectivity index (χ1v) is 10.1. The number of halogens is 5. The van der Waals surface area contributed by atoms with E-state index in [4.69, 9.17) is 8.85 Å². The van der Waals surface area contributed by atoms with Crippen LogP contribution in [0.25, 0.3) is 0 Å². The van der Waals surface area contributed by atoms with Gasteiger partial charge in [-0.15, -0.1) is 0 Å². The van der Waals surface area contributed by atoms with Crippen LogP contribution in [0.4, 0.5) is 22.0 Å². The largest absolute Gasteiger partial charge is 0.505 e. The molecule has 0 aromatic heterocycles.